The van der Waals surface area contributed by atoms with Crippen molar-refractivity contribution in [1.82, 2.24) is 14.1 Å². The molecule has 0 bridgehead atoms. The van der Waals surface area contributed by atoms with E-state index in [1.54, 1.807) is 4.57 Å². The molecule has 1 aliphatic rings. The molecule has 0 amide bonds. The van der Waals surface area contributed by atoms with Crippen LogP contribution in [0.4, 0.5) is 0 Å². The number of fused-ring (bicyclic) bond motifs is 1. The maximum atomic E-state index is 13.7. The van der Waals surface area contributed by atoms with Crippen LogP contribution in [0.2, 0.25) is 0 Å². The molecule has 170 valence electrons. The first-order chi connectivity index (χ1) is 16.2. The van der Waals surface area contributed by atoms with Crippen LogP contribution in [0.3, 0.4) is 0 Å². The van der Waals surface area contributed by atoms with Gasteiger partial charge in [0.2, 0.25) is 0 Å². The molecular formula is C23H21N3O4S3. The van der Waals surface area contributed by atoms with Gasteiger partial charge in [0.05, 0.1) is 31.3 Å². The molecule has 2 aromatic heterocycles. The standard InChI is InChI=1S/C23H21N3O4S3/c1-2-28-17-10-8-16(9-11-17)25-20-19(33-23(25)31)21(27)26(15-6-4-3-5-7-15)22(24-20)32-14-18-29-12-13-30-18/h3-11,18H,2,12-14H2,1H3. The Morgan fingerprint density at radius 1 is 1.09 bits per heavy atom. The number of para-hydroxylation sites is 1. The summed E-state index contributed by atoms with van der Waals surface area (Å²) in [7, 11) is 0. The molecule has 1 fully saturated rings. The molecule has 7 nitrogen and oxygen atoms in total. The Hall–Kier alpha value is -2.50. The topological polar surface area (TPSA) is 67.5 Å². The minimum Gasteiger partial charge on any atom is -0.494 e. The van der Waals surface area contributed by atoms with Gasteiger partial charge >= 0.3 is 0 Å². The van der Waals surface area contributed by atoms with Gasteiger partial charge in [-0.25, -0.2) is 4.98 Å². The van der Waals surface area contributed by atoms with Gasteiger partial charge in [0.15, 0.2) is 21.0 Å². The fourth-order valence-corrected chi connectivity index (χ4v) is 5.82. The number of nitrogens with zero attached hydrogens (tertiary/aromatic N) is 3. The van der Waals surface area contributed by atoms with Gasteiger partial charge in [0.25, 0.3) is 5.56 Å². The Bertz CT molecular complexity index is 1370. The average molecular weight is 500 g/mol. The molecule has 10 heteroatoms. The molecule has 0 radical (unpaired) electrons. The summed E-state index contributed by atoms with van der Waals surface area (Å²) in [6, 6.07) is 17.1. The van der Waals surface area contributed by atoms with Crippen LogP contribution in [0.25, 0.3) is 21.7 Å². The normalized spacial score (nSPS) is 14.2. The lowest BCUT2D eigenvalue weighted by Gasteiger charge is -2.14. The number of rotatable bonds is 7. The van der Waals surface area contributed by atoms with Gasteiger partial charge in [0, 0.05) is 5.69 Å². The first-order valence-corrected chi connectivity index (χ1v) is 12.7. The van der Waals surface area contributed by atoms with Crippen LogP contribution in [0.5, 0.6) is 5.75 Å². The molecule has 0 spiro atoms. The highest BCUT2D eigenvalue weighted by atomic mass is 32.2. The molecule has 0 unspecified atom stereocenters. The number of thiazole rings is 1. The van der Waals surface area contributed by atoms with Crippen molar-refractivity contribution in [3.8, 4) is 17.1 Å². The number of thioether (sulfide) groups is 1. The summed E-state index contributed by atoms with van der Waals surface area (Å²) < 4.78 is 21.2. The predicted octanol–water partition coefficient (Wildman–Crippen LogP) is 4.83. The van der Waals surface area contributed by atoms with Gasteiger partial charge in [-0.2, -0.15) is 0 Å². The molecule has 1 saturated heterocycles. The molecule has 0 N–H and O–H groups in total. The summed E-state index contributed by atoms with van der Waals surface area (Å²) in [5.41, 5.74) is 1.97. The molecule has 0 saturated carbocycles. The minimum atomic E-state index is -0.318. The highest BCUT2D eigenvalue weighted by Gasteiger charge is 2.22. The van der Waals surface area contributed by atoms with E-state index in [1.165, 1.54) is 23.1 Å². The van der Waals surface area contributed by atoms with E-state index in [1.807, 2.05) is 66.1 Å². The fourth-order valence-electron chi connectivity index (χ4n) is 3.57. The van der Waals surface area contributed by atoms with Gasteiger partial charge in [-0.1, -0.05) is 41.3 Å². The van der Waals surface area contributed by atoms with Crippen LogP contribution in [0.1, 0.15) is 6.92 Å². The van der Waals surface area contributed by atoms with Gasteiger partial charge in [0.1, 0.15) is 10.4 Å². The third kappa shape index (κ3) is 4.49. The lowest BCUT2D eigenvalue weighted by molar-refractivity contribution is -0.0215. The quantitative estimate of drug-likeness (QED) is 0.205. The van der Waals surface area contributed by atoms with Gasteiger partial charge in [-0.15, -0.1) is 0 Å². The molecular weight excluding hydrogens is 478 g/mol. The zero-order valence-corrected chi connectivity index (χ0v) is 20.3. The molecule has 5 rings (SSSR count). The number of hydrogen-bond acceptors (Lipinski definition) is 8. The first kappa shape index (κ1) is 22.3. The van der Waals surface area contributed by atoms with E-state index >= 15 is 0 Å². The van der Waals surface area contributed by atoms with Crippen LogP contribution in [-0.2, 0) is 9.47 Å². The highest BCUT2D eigenvalue weighted by molar-refractivity contribution is 7.99. The lowest BCUT2D eigenvalue weighted by atomic mass is 10.3. The molecule has 0 aliphatic carbocycles. The van der Waals surface area contributed by atoms with Crippen molar-refractivity contribution >= 4 is 45.7 Å². The smallest absolute Gasteiger partial charge is 0.278 e. The predicted molar refractivity (Wildman–Crippen MR) is 133 cm³/mol. The Labute approximate surface area is 203 Å². The average Bonchev–Trinajstić information content (AvgIpc) is 3.47. The summed E-state index contributed by atoms with van der Waals surface area (Å²) in [5.74, 6) is 1.30. The monoisotopic (exact) mass is 499 g/mol. The second-order valence-corrected chi connectivity index (χ2v) is 9.77. The van der Waals surface area contributed by atoms with Gasteiger partial charge in [-0.05, 0) is 55.5 Å². The molecule has 1 aliphatic heterocycles. The largest absolute Gasteiger partial charge is 0.494 e. The van der Waals surface area contributed by atoms with E-state index in [0.29, 0.717) is 45.0 Å². The van der Waals surface area contributed by atoms with Crippen molar-refractivity contribution in [3.63, 3.8) is 0 Å². The number of benzene rings is 2. The number of ether oxygens (including phenoxy) is 3. The molecule has 0 atom stereocenters. The van der Waals surface area contributed by atoms with E-state index in [2.05, 4.69) is 0 Å². The Morgan fingerprint density at radius 2 is 1.79 bits per heavy atom. The van der Waals surface area contributed by atoms with Crippen LogP contribution >= 0.6 is 35.3 Å². The SMILES string of the molecule is CCOc1ccc(-n2c(=S)sc3c(=O)n(-c4ccccc4)c(SCC4OCCO4)nc32)cc1. The number of aromatic nitrogens is 3. The lowest BCUT2D eigenvalue weighted by Crippen LogP contribution is -2.22. The van der Waals surface area contributed by atoms with Crippen LogP contribution < -0.4 is 10.3 Å². The van der Waals surface area contributed by atoms with Crippen molar-refractivity contribution in [2.75, 3.05) is 25.6 Å². The Morgan fingerprint density at radius 3 is 2.48 bits per heavy atom. The van der Waals surface area contributed by atoms with E-state index in [-0.39, 0.29) is 11.8 Å². The molecule has 4 aromatic rings. The van der Waals surface area contributed by atoms with Crippen molar-refractivity contribution in [2.45, 2.75) is 18.4 Å². The Balaban J connectivity index is 1.65. The van der Waals surface area contributed by atoms with E-state index in [4.69, 9.17) is 31.4 Å². The van der Waals surface area contributed by atoms with Crippen molar-refractivity contribution in [1.29, 1.82) is 0 Å². The van der Waals surface area contributed by atoms with Crippen LogP contribution in [-0.4, -0.2) is 46.0 Å². The van der Waals surface area contributed by atoms with Crippen molar-refractivity contribution in [3.05, 3.63) is 68.9 Å². The van der Waals surface area contributed by atoms with Crippen LogP contribution in [0.15, 0.2) is 64.5 Å². The summed E-state index contributed by atoms with van der Waals surface area (Å²) in [6.45, 7) is 3.68. The van der Waals surface area contributed by atoms with E-state index < -0.39 is 0 Å². The maximum Gasteiger partial charge on any atom is 0.278 e. The van der Waals surface area contributed by atoms with Gasteiger partial charge in [-0.3, -0.25) is 13.9 Å². The zero-order valence-electron chi connectivity index (χ0n) is 17.8. The third-order valence-electron chi connectivity index (χ3n) is 5.04. The maximum absolute atomic E-state index is 13.7. The fraction of sp³-hybridized carbons (Fsp3) is 0.261. The molecule has 3 heterocycles. The third-order valence-corrected chi connectivity index (χ3v) is 7.36. The number of hydrogen-bond donors (Lipinski definition) is 0. The summed E-state index contributed by atoms with van der Waals surface area (Å²) in [4.78, 5) is 18.6. The summed E-state index contributed by atoms with van der Waals surface area (Å²) in [6.07, 6.45) is -0.318. The second kappa shape index (κ2) is 9.78. The van der Waals surface area contributed by atoms with E-state index in [0.717, 1.165) is 17.1 Å². The second-order valence-electron chi connectivity index (χ2n) is 7.14. The summed E-state index contributed by atoms with van der Waals surface area (Å²) in [5, 5.41) is 0.560. The van der Waals surface area contributed by atoms with Crippen molar-refractivity contribution < 1.29 is 14.2 Å². The minimum absolute atomic E-state index is 0.150. The first-order valence-electron chi connectivity index (χ1n) is 10.5. The molecule has 2 aromatic carbocycles. The molecule has 33 heavy (non-hydrogen) atoms. The van der Waals surface area contributed by atoms with Crippen molar-refractivity contribution in [2.24, 2.45) is 0 Å². The highest BCUT2D eigenvalue weighted by Crippen LogP contribution is 2.29. The Kier molecular flexibility index (Phi) is 6.61. The van der Waals surface area contributed by atoms with E-state index in [9.17, 15) is 4.79 Å². The summed E-state index contributed by atoms with van der Waals surface area (Å²) >= 11 is 8.35. The van der Waals surface area contributed by atoms with Crippen LogP contribution in [0, 0.1) is 3.95 Å². The van der Waals surface area contributed by atoms with Gasteiger partial charge < -0.3 is 14.2 Å². The zero-order chi connectivity index (χ0) is 22.8.